The van der Waals surface area contributed by atoms with Crippen LogP contribution in [-0.4, -0.2) is 42.6 Å². The number of rotatable bonds is 1. The molecular formula is C8H15N3O2. The number of hydrogen-bond donors (Lipinski definition) is 2. The predicted molar refractivity (Wildman–Crippen MR) is 46.7 cm³/mol. The van der Waals surface area contributed by atoms with Gasteiger partial charge in [0.25, 0.3) is 5.91 Å². The number of nitrogens with zero attached hydrogens (tertiary/aromatic N) is 1. The van der Waals surface area contributed by atoms with Gasteiger partial charge in [0.05, 0.1) is 6.61 Å². The summed E-state index contributed by atoms with van der Waals surface area (Å²) >= 11 is 0. The Kier molecular flexibility index (Phi) is 2.48. The second kappa shape index (κ2) is 3.61. The second-order valence-corrected chi connectivity index (χ2v) is 3.62. The Balaban J connectivity index is 1.93. The van der Waals surface area contributed by atoms with Crippen molar-refractivity contribution in [2.45, 2.75) is 25.0 Å². The van der Waals surface area contributed by atoms with Gasteiger partial charge in [-0.05, 0) is 19.4 Å². The van der Waals surface area contributed by atoms with Gasteiger partial charge in [0, 0.05) is 12.6 Å². The van der Waals surface area contributed by atoms with Crippen LogP contribution in [0.4, 0.5) is 0 Å². The van der Waals surface area contributed by atoms with Crippen LogP contribution in [0.2, 0.25) is 0 Å². The molecule has 2 heterocycles. The first-order chi connectivity index (χ1) is 6.31. The molecule has 0 aromatic rings. The van der Waals surface area contributed by atoms with Crippen LogP contribution in [0.1, 0.15) is 12.8 Å². The van der Waals surface area contributed by atoms with E-state index < -0.39 is 0 Å². The maximum atomic E-state index is 11.2. The monoisotopic (exact) mass is 185 g/mol. The van der Waals surface area contributed by atoms with Crippen LogP contribution < -0.4 is 11.3 Å². The summed E-state index contributed by atoms with van der Waals surface area (Å²) in [6.45, 7) is 2.44. The minimum Gasteiger partial charge on any atom is -0.365 e. The SMILES string of the molecule is NNC(=O)[C@@H]1CN2CCC[C@@H]2CO1. The minimum absolute atomic E-state index is 0.217. The molecule has 0 spiro atoms. The van der Waals surface area contributed by atoms with Crippen molar-refractivity contribution in [3.63, 3.8) is 0 Å². The summed E-state index contributed by atoms with van der Waals surface area (Å²) in [7, 11) is 0. The average Bonchev–Trinajstić information content (AvgIpc) is 2.63. The van der Waals surface area contributed by atoms with Crippen LogP contribution in [0.3, 0.4) is 0 Å². The second-order valence-electron chi connectivity index (χ2n) is 3.62. The van der Waals surface area contributed by atoms with Crippen LogP contribution in [0, 0.1) is 0 Å². The van der Waals surface area contributed by atoms with E-state index in [2.05, 4.69) is 10.3 Å². The third-order valence-electron chi connectivity index (χ3n) is 2.82. The van der Waals surface area contributed by atoms with Crippen LogP contribution in [-0.2, 0) is 9.53 Å². The van der Waals surface area contributed by atoms with E-state index in [9.17, 15) is 4.79 Å². The lowest BCUT2D eigenvalue weighted by Crippen LogP contribution is -2.53. The molecule has 3 N–H and O–H groups in total. The molecule has 0 bridgehead atoms. The molecule has 13 heavy (non-hydrogen) atoms. The number of hydrogen-bond acceptors (Lipinski definition) is 4. The molecule has 74 valence electrons. The summed E-state index contributed by atoms with van der Waals surface area (Å²) in [5.74, 6) is 4.82. The average molecular weight is 185 g/mol. The molecule has 2 fully saturated rings. The summed E-state index contributed by atoms with van der Waals surface area (Å²) in [4.78, 5) is 13.5. The Morgan fingerprint density at radius 3 is 3.23 bits per heavy atom. The van der Waals surface area contributed by atoms with Gasteiger partial charge in [-0.2, -0.15) is 0 Å². The third kappa shape index (κ3) is 1.67. The van der Waals surface area contributed by atoms with Gasteiger partial charge in [-0.25, -0.2) is 5.84 Å². The molecule has 1 amide bonds. The highest BCUT2D eigenvalue weighted by atomic mass is 16.5. The lowest BCUT2D eigenvalue weighted by atomic mass is 10.2. The van der Waals surface area contributed by atoms with E-state index in [1.165, 1.54) is 12.8 Å². The van der Waals surface area contributed by atoms with Gasteiger partial charge in [0.1, 0.15) is 6.10 Å². The lowest BCUT2D eigenvalue weighted by Gasteiger charge is -2.33. The highest BCUT2D eigenvalue weighted by Gasteiger charge is 2.34. The molecule has 2 atom stereocenters. The van der Waals surface area contributed by atoms with Crippen molar-refractivity contribution in [1.29, 1.82) is 0 Å². The fourth-order valence-electron chi connectivity index (χ4n) is 2.07. The van der Waals surface area contributed by atoms with E-state index in [1.54, 1.807) is 0 Å². The molecule has 0 saturated carbocycles. The highest BCUT2D eigenvalue weighted by Crippen LogP contribution is 2.22. The molecule has 5 nitrogen and oxygen atoms in total. The van der Waals surface area contributed by atoms with E-state index in [4.69, 9.17) is 10.6 Å². The number of ether oxygens (including phenoxy) is 1. The summed E-state index contributed by atoms with van der Waals surface area (Å²) in [6.07, 6.45) is 2.03. The van der Waals surface area contributed by atoms with E-state index in [1.807, 2.05) is 0 Å². The fourth-order valence-corrected chi connectivity index (χ4v) is 2.07. The number of carbonyl (C=O) groups is 1. The maximum absolute atomic E-state index is 11.2. The van der Waals surface area contributed by atoms with E-state index in [0.717, 1.165) is 6.54 Å². The van der Waals surface area contributed by atoms with Gasteiger partial charge in [0.15, 0.2) is 0 Å². The van der Waals surface area contributed by atoms with Gasteiger partial charge >= 0.3 is 0 Å². The zero-order valence-electron chi connectivity index (χ0n) is 7.53. The molecule has 2 rings (SSSR count). The Hall–Kier alpha value is -0.650. The topological polar surface area (TPSA) is 67.6 Å². The van der Waals surface area contributed by atoms with Gasteiger partial charge in [0.2, 0.25) is 0 Å². The predicted octanol–water partition coefficient (Wildman–Crippen LogP) is -1.16. The molecule has 0 aromatic carbocycles. The first-order valence-corrected chi connectivity index (χ1v) is 4.67. The number of carbonyl (C=O) groups excluding carboxylic acids is 1. The zero-order valence-corrected chi connectivity index (χ0v) is 7.53. The number of nitrogens with two attached hydrogens (primary N) is 1. The van der Waals surface area contributed by atoms with E-state index in [-0.39, 0.29) is 12.0 Å². The van der Waals surface area contributed by atoms with Crippen molar-refractivity contribution in [3.8, 4) is 0 Å². The van der Waals surface area contributed by atoms with Crippen LogP contribution >= 0.6 is 0 Å². The Morgan fingerprint density at radius 2 is 2.46 bits per heavy atom. The summed E-state index contributed by atoms with van der Waals surface area (Å²) in [5, 5.41) is 0. The summed E-state index contributed by atoms with van der Waals surface area (Å²) in [5.41, 5.74) is 2.12. The summed E-state index contributed by atoms with van der Waals surface area (Å²) in [6, 6.07) is 0.529. The van der Waals surface area contributed by atoms with Crippen LogP contribution in [0.15, 0.2) is 0 Å². The van der Waals surface area contributed by atoms with Crippen molar-refractivity contribution in [2.75, 3.05) is 19.7 Å². The van der Waals surface area contributed by atoms with Gasteiger partial charge in [-0.15, -0.1) is 0 Å². The number of hydrazine groups is 1. The summed E-state index contributed by atoms with van der Waals surface area (Å²) < 4.78 is 5.41. The maximum Gasteiger partial charge on any atom is 0.264 e. The van der Waals surface area contributed by atoms with Gasteiger partial charge in [-0.3, -0.25) is 15.1 Å². The largest absolute Gasteiger partial charge is 0.365 e. The quantitative estimate of drug-likeness (QED) is 0.307. The van der Waals surface area contributed by atoms with Crippen molar-refractivity contribution in [3.05, 3.63) is 0 Å². The van der Waals surface area contributed by atoms with Crippen LogP contribution in [0.5, 0.6) is 0 Å². The molecule has 2 aliphatic heterocycles. The molecule has 0 unspecified atom stereocenters. The molecule has 0 radical (unpaired) electrons. The smallest absolute Gasteiger partial charge is 0.264 e. The minimum atomic E-state index is -0.376. The van der Waals surface area contributed by atoms with Crippen molar-refractivity contribution >= 4 is 5.91 Å². The molecule has 0 aliphatic carbocycles. The Labute approximate surface area is 77.2 Å². The molecular weight excluding hydrogens is 170 g/mol. The third-order valence-corrected chi connectivity index (χ3v) is 2.82. The fraction of sp³-hybridized carbons (Fsp3) is 0.875. The number of nitrogens with one attached hydrogen (secondary N) is 1. The number of fused-ring (bicyclic) bond motifs is 1. The first kappa shape index (κ1) is 8.93. The standard InChI is InChI=1S/C8H15N3O2/c9-10-8(12)7-4-11-3-1-2-6(11)5-13-7/h6-7H,1-5,9H2,(H,10,12)/t6-,7+/m1/s1. The van der Waals surface area contributed by atoms with Crippen molar-refractivity contribution < 1.29 is 9.53 Å². The van der Waals surface area contributed by atoms with Crippen molar-refractivity contribution in [1.82, 2.24) is 10.3 Å². The molecule has 2 aliphatic rings. The Morgan fingerprint density at radius 1 is 1.62 bits per heavy atom. The zero-order chi connectivity index (χ0) is 9.26. The van der Waals surface area contributed by atoms with Gasteiger partial charge in [-0.1, -0.05) is 0 Å². The first-order valence-electron chi connectivity index (χ1n) is 4.67. The number of amides is 1. The molecule has 0 aromatic heterocycles. The lowest BCUT2D eigenvalue weighted by molar-refractivity contribution is -0.140. The Bertz CT molecular complexity index is 210. The molecule has 2 saturated heterocycles. The van der Waals surface area contributed by atoms with Crippen LogP contribution in [0.25, 0.3) is 0 Å². The van der Waals surface area contributed by atoms with Crippen molar-refractivity contribution in [2.24, 2.45) is 5.84 Å². The normalized spacial score (nSPS) is 34.2. The number of morpholine rings is 1. The van der Waals surface area contributed by atoms with E-state index >= 15 is 0 Å². The van der Waals surface area contributed by atoms with E-state index in [0.29, 0.717) is 19.2 Å². The molecule has 5 heteroatoms. The highest BCUT2D eigenvalue weighted by molar-refractivity contribution is 5.80. The van der Waals surface area contributed by atoms with Gasteiger partial charge < -0.3 is 4.74 Å².